The third-order valence-electron chi connectivity index (χ3n) is 9.93. The minimum atomic E-state index is -1.61. The van der Waals surface area contributed by atoms with E-state index in [1.54, 1.807) is 57.2 Å². The molecule has 2 saturated carbocycles. The monoisotopic (exact) mass is 662 g/mol. The molecule has 0 aromatic heterocycles. The van der Waals surface area contributed by atoms with E-state index >= 15 is 0 Å². The van der Waals surface area contributed by atoms with Crippen molar-refractivity contribution in [2.75, 3.05) is 0 Å². The molecule has 2 bridgehead atoms. The molecule has 9 atom stereocenters. The van der Waals surface area contributed by atoms with E-state index in [1.807, 2.05) is 37.3 Å². The van der Waals surface area contributed by atoms with E-state index in [0.29, 0.717) is 0 Å². The van der Waals surface area contributed by atoms with Gasteiger partial charge in [-0.25, -0.2) is 9.59 Å². The first kappa shape index (κ1) is 34.8. The molecule has 0 N–H and O–H groups in total. The van der Waals surface area contributed by atoms with Crippen molar-refractivity contribution in [3.63, 3.8) is 0 Å². The van der Waals surface area contributed by atoms with Gasteiger partial charge in [-0.3, -0.25) is 14.4 Å². The lowest BCUT2D eigenvalue weighted by Crippen LogP contribution is -2.79. The van der Waals surface area contributed by atoms with Gasteiger partial charge in [-0.1, -0.05) is 55.5 Å². The highest BCUT2D eigenvalue weighted by atomic mass is 16.6. The Hall–Kier alpha value is -4.51. The number of carbonyl (C=O) groups is 5. The minimum Gasteiger partial charge on any atom is -0.459 e. The zero-order chi connectivity index (χ0) is 35.0. The third kappa shape index (κ3) is 6.11. The van der Waals surface area contributed by atoms with Gasteiger partial charge in [0.1, 0.15) is 23.9 Å². The molecule has 48 heavy (non-hydrogen) atoms. The summed E-state index contributed by atoms with van der Waals surface area (Å²) in [6.07, 6.45) is -2.94. The van der Waals surface area contributed by atoms with Gasteiger partial charge in [0.2, 0.25) is 0 Å². The number of fused-ring (bicyclic) bond motifs is 1. The molecule has 0 radical (unpaired) electrons. The normalized spacial score (nSPS) is 33.2. The molecule has 2 aromatic carbocycles. The lowest BCUT2D eigenvalue weighted by molar-refractivity contribution is -0.315. The van der Waals surface area contributed by atoms with Crippen LogP contribution in [-0.2, 0) is 47.6 Å². The van der Waals surface area contributed by atoms with Gasteiger partial charge in [-0.15, -0.1) is 0 Å². The number of benzene rings is 2. The molecule has 3 aliphatic rings. The van der Waals surface area contributed by atoms with Crippen LogP contribution < -0.4 is 0 Å². The minimum absolute atomic E-state index is 0.136. The summed E-state index contributed by atoms with van der Waals surface area (Å²) in [5, 5.41) is 0. The van der Waals surface area contributed by atoms with Crippen LogP contribution in [0.1, 0.15) is 70.8 Å². The Balaban J connectivity index is 1.69. The van der Waals surface area contributed by atoms with Gasteiger partial charge in [-0.2, -0.15) is 0 Å². The first-order valence-electron chi connectivity index (χ1n) is 16.0. The lowest BCUT2D eigenvalue weighted by Gasteiger charge is -2.63. The molecule has 1 spiro atoms. The highest BCUT2D eigenvalue weighted by molar-refractivity contribution is 5.89. The number of hydrogen-bond acceptors (Lipinski definition) is 11. The van der Waals surface area contributed by atoms with E-state index in [0.717, 1.165) is 5.56 Å². The molecular formula is C37H42O11. The van der Waals surface area contributed by atoms with Crippen molar-refractivity contribution in [3.05, 3.63) is 77.9 Å². The number of ether oxygens (including phenoxy) is 6. The summed E-state index contributed by atoms with van der Waals surface area (Å²) in [5.74, 6) is -4.74. The van der Waals surface area contributed by atoms with Crippen molar-refractivity contribution in [3.8, 4) is 0 Å². The smallest absolute Gasteiger partial charge is 0.338 e. The summed E-state index contributed by atoms with van der Waals surface area (Å²) >= 11 is 0. The maximum atomic E-state index is 13.8. The Labute approximate surface area is 279 Å². The van der Waals surface area contributed by atoms with Crippen molar-refractivity contribution in [2.24, 2.45) is 17.3 Å². The molecule has 0 unspecified atom stereocenters. The first-order chi connectivity index (χ1) is 22.6. The van der Waals surface area contributed by atoms with Crippen LogP contribution in [-0.4, -0.2) is 71.6 Å². The number of esters is 5. The zero-order valence-corrected chi connectivity index (χ0v) is 28.2. The Bertz CT molecular complexity index is 1580. The Morgan fingerprint density at radius 3 is 1.88 bits per heavy atom. The summed E-state index contributed by atoms with van der Waals surface area (Å²) < 4.78 is 37.4. The number of rotatable bonds is 8. The van der Waals surface area contributed by atoms with Crippen LogP contribution >= 0.6 is 0 Å². The average molecular weight is 663 g/mol. The van der Waals surface area contributed by atoms with Gasteiger partial charge in [0.05, 0.1) is 22.5 Å². The molecule has 2 aromatic rings. The summed E-state index contributed by atoms with van der Waals surface area (Å²) in [5.41, 5.74) is -3.18. The fourth-order valence-electron chi connectivity index (χ4n) is 8.28. The summed E-state index contributed by atoms with van der Waals surface area (Å²) in [4.78, 5) is 65.4. The molecule has 5 rings (SSSR count). The molecule has 2 aliphatic carbocycles. The van der Waals surface area contributed by atoms with Crippen molar-refractivity contribution >= 4 is 35.9 Å². The van der Waals surface area contributed by atoms with Crippen LogP contribution in [0.4, 0.5) is 0 Å². The Morgan fingerprint density at radius 1 is 0.729 bits per heavy atom. The van der Waals surface area contributed by atoms with Crippen LogP contribution in [0.25, 0.3) is 6.08 Å². The van der Waals surface area contributed by atoms with Crippen LogP contribution in [0.5, 0.6) is 0 Å². The lowest BCUT2D eigenvalue weighted by atomic mass is 9.47. The standard InChI is InChI=1S/C37H42O11/c1-21-20-27(46-28(41)19-18-25-14-10-8-11-15-25)31(44-23(3)39)36(7)33(47-34(42)26-16-12-9-13-17-26)30(43-22(2)38)29-32(45-24(4)40)37(21,36)48-35(29,5)6/h8-19,21,27,29-33H,20H2,1-7H3/b19-18+/t21-,27+,29-,30-,31+,32-,33-,36+,37-/m1/s1. The SMILES string of the molecule is CC(=O)O[C@@H]1[C@@H]2[C@@H](OC(C)=O)[C@]3(OC2(C)C)[C@H](C)C[C@H](OC(=O)/C=C/c2ccccc2)[C@H](OC(C)=O)[C@@]3(C)[C@@H]1OC(=O)c1ccccc1. The van der Waals surface area contributed by atoms with Gasteiger partial charge in [-0.05, 0) is 56.9 Å². The fourth-order valence-corrected chi connectivity index (χ4v) is 8.28. The maximum absolute atomic E-state index is 13.8. The Morgan fingerprint density at radius 2 is 1.29 bits per heavy atom. The summed E-state index contributed by atoms with van der Waals surface area (Å²) in [6.45, 7) is 10.8. The average Bonchev–Trinajstić information content (AvgIpc) is 3.22. The first-order valence-corrected chi connectivity index (χ1v) is 16.0. The van der Waals surface area contributed by atoms with Crippen molar-refractivity contribution in [2.45, 2.75) is 96.6 Å². The van der Waals surface area contributed by atoms with E-state index in [4.69, 9.17) is 28.4 Å². The van der Waals surface area contributed by atoms with Gasteiger partial charge in [0.25, 0.3) is 0 Å². The van der Waals surface area contributed by atoms with E-state index in [2.05, 4.69) is 0 Å². The van der Waals surface area contributed by atoms with Gasteiger partial charge >= 0.3 is 29.8 Å². The fraction of sp³-hybridized carbons (Fsp3) is 0.486. The van der Waals surface area contributed by atoms with Crippen molar-refractivity contribution in [1.29, 1.82) is 0 Å². The molecular weight excluding hydrogens is 620 g/mol. The van der Waals surface area contributed by atoms with E-state index < -0.39 is 88.8 Å². The predicted octanol–water partition coefficient (Wildman–Crippen LogP) is 4.86. The third-order valence-corrected chi connectivity index (χ3v) is 9.93. The molecule has 11 heteroatoms. The van der Waals surface area contributed by atoms with Gasteiger partial charge in [0.15, 0.2) is 12.2 Å². The predicted molar refractivity (Wildman–Crippen MR) is 171 cm³/mol. The van der Waals surface area contributed by atoms with Crippen LogP contribution in [0.15, 0.2) is 66.7 Å². The van der Waals surface area contributed by atoms with Gasteiger partial charge < -0.3 is 28.4 Å². The summed E-state index contributed by atoms with van der Waals surface area (Å²) in [6, 6.07) is 17.4. The van der Waals surface area contributed by atoms with Crippen LogP contribution in [0, 0.1) is 17.3 Å². The highest BCUT2D eigenvalue weighted by Crippen LogP contribution is 2.68. The van der Waals surface area contributed by atoms with Crippen molar-refractivity contribution in [1.82, 2.24) is 0 Å². The molecule has 0 amide bonds. The number of hydrogen-bond donors (Lipinski definition) is 0. The van der Waals surface area contributed by atoms with E-state index in [-0.39, 0.29) is 12.0 Å². The van der Waals surface area contributed by atoms with Crippen LogP contribution in [0.3, 0.4) is 0 Å². The molecule has 1 saturated heterocycles. The second-order valence-corrected chi connectivity index (χ2v) is 13.5. The second-order valence-electron chi connectivity index (χ2n) is 13.5. The zero-order valence-electron chi connectivity index (χ0n) is 28.2. The maximum Gasteiger partial charge on any atom is 0.338 e. The summed E-state index contributed by atoms with van der Waals surface area (Å²) in [7, 11) is 0. The largest absolute Gasteiger partial charge is 0.459 e. The van der Waals surface area contributed by atoms with E-state index in [1.165, 1.54) is 26.8 Å². The topological polar surface area (TPSA) is 141 Å². The van der Waals surface area contributed by atoms with E-state index in [9.17, 15) is 24.0 Å². The molecule has 256 valence electrons. The quantitative estimate of drug-likeness (QED) is 0.218. The van der Waals surface area contributed by atoms with Gasteiger partial charge in [0, 0.05) is 26.8 Å². The molecule has 1 heterocycles. The van der Waals surface area contributed by atoms with Crippen molar-refractivity contribution < 1.29 is 52.4 Å². The van der Waals surface area contributed by atoms with Crippen LogP contribution in [0.2, 0.25) is 0 Å². The Kier molecular flexibility index (Phi) is 9.56. The number of carbonyl (C=O) groups excluding carboxylic acids is 5. The molecule has 3 fully saturated rings. The highest BCUT2D eigenvalue weighted by Gasteiger charge is 2.83. The molecule has 1 aliphatic heterocycles. The second kappa shape index (κ2) is 13.2. The molecule has 11 nitrogen and oxygen atoms in total.